The molecular formula is C19H19ClN4O3. The van der Waals surface area contributed by atoms with Gasteiger partial charge in [-0.25, -0.2) is 4.68 Å². The number of aryl methyl sites for hydroxylation is 1. The van der Waals surface area contributed by atoms with Crippen LogP contribution in [-0.2, 0) is 19.6 Å². The van der Waals surface area contributed by atoms with Gasteiger partial charge in [-0.15, -0.1) is 0 Å². The van der Waals surface area contributed by atoms with E-state index in [0.717, 1.165) is 30.6 Å². The number of carbonyl (C=O) groups is 1. The van der Waals surface area contributed by atoms with Crippen molar-refractivity contribution in [3.05, 3.63) is 58.7 Å². The maximum absolute atomic E-state index is 12.6. The normalized spacial score (nSPS) is 16.0. The van der Waals surface area contributed by atoms with Crippen LogP contribution in [0.3, 0.4) is 0 Å². The van der Waals surface area contributed by atoms with Crippen molar-refractivity contribution >= 4 is 23.2 Å². The number of benzene rings is 1. The van der Waals surface area contributed by atoms with E-state index in [-0.39, 0.29) is 12.6 Å². The van der Waals surface area contributed by atoms with Crippen LogP contribution in [0.5, 0.6) is 5.75 Å². The first-order valence-electron chi connectivity index (χ1n) is 8.78. The number of nitrogens with zero attached hydrogens (tertiary/aromatic N) is 3. The standard InChI is InChI=1S/C19H19ClN4O3/c1-12-5-6-17-16(7-12)18(23-27-17)19(25)22-14-9-21-24(10-14)11-26-15-4-2-3-13(20)8-15/h2-4,8-10,12H,5-7,11H2,1H3,(H,22,25). The molecule has 0 radical (unpaired) electrons. The Hall–Kier alpha value is -2.80. The first-order valence-corrected chi connectivity index (χ1v) is 9.16. The van der Waals surface area contributed by atoms with E-state index in [1.54, 1.807) is 29.2 Å². The number of hydrogen-bond donors (Lipinski definition) is 1. The summed E-state index contributed by atoms with van der Waals surface area (Å²) in [5.41, 5.74) is 1.85. The Labute approximate surface area is 161 Å². The van der Waals surface area contributed by atoms with Crippen LogP contribution in [0, 0.1) is 5.92 Å². The maximum atomic E-state index is 12.6. The molecule has 8 heteroatoms. The van der Waals surface area contributed by atoms with Crippen molar-refractivity contribution in [2.45, 2.75) is 32.9 Å². The SMILES string of the molecule is CC1CCc2onc(C(=O)Nc3cnn(COc4cccc(Cl)c4)c3)c2C1. The lowest BCUT2D eigenvalue weighted by Crippen LogP contribution is -2.17. The van der Waals surface area contributed by atoms with Crippen LogP contribution in [0.4, 0.5) is 5.69 Å². The quantitative estimate of drug-likeness (QED) is 0.718. The Bertz CT molecular complexity index is 966. The highest BCUT2D eigenvalue weighted by molar-refractivity contribution is 6.30. The highest BCUT2D eigenvalue weighted by Crippen LogP contribution is 2.28. The molecule has 0 saturated carbocycles. The van der Waals surface area contributed by atoms with Gasteiger partial charge in [-0.1, -0.05) is 29.7 Å². The Morgan fingerprint density at radius 2 is 2.37 bits per heavy atom. The predicted octanol–water partition coefficient (Wildman–Crippen LogP) is 3.94. The minimum Gasteiger partial charge on any atom is -0.471 e. The summed E-state index contributed by atoms with van der Waals surface area (Å²) < 4.78 is 12.5. The van der Waals surface area contributed by atoms with Crippen LogP contribution in [0.2, 0.25) is 5.02 Å². The molecule has 0 aliphatic heterocycles. The van der Waals surface area contributed by atoms with Crippen LogP contribution in [-0.4, -0.2) is 20.8 Å². The lowest BCUT2D eigenvalue weighted by atomic mass is 9.88. The number of amides is 1. The number of ether oxygens (including phenoxy) is 1. The summed E-state index contributed by atoms with van der Waals surface area (Å²) in [4.78, 5) is 12.6. The molecule has 1 unspecified atom stereocenters. The summed E-state index contributed by atoms with van der Waals surface area (Å²) in [6.07, 6.45) is 5.96. The van der Waals surface area contributed by atoms with Gasteiger partial charge in [-0.3, -0.25) is 4.79 Å². The molecule has 1 N–H and O–H groups in total. The average Bonchev–Trinajstić information content (AvgIpc) is 3.26. The van der Waals surface area contributed by atoms with E-state index in [1.807, 2.05) is 12.1 Å². The van der Waals surface area contributed by atoms with E-state index in [4.69, 9.17) is 20.9 Å². The first-order chi connectivity index (χ1) is 13.1. The van der Waals surface area contributed by atoms with E-state index in [2.05, 4.69) is 22.5 Å². The third-order valence-electron chi connectivity index (χ3n) is 4.55. The number of halogens is 1. The molecule has 0 fully saturated rings. The van der Waals surface area contributed by atoms with E-state index in [9.17, 15) is 4.79 Å². The second-order valence-electron chi connectivity index (χ2n) is 6.73. The van der Waals surface area contributed by atoms with Gasteiger partial charge in [-0.05, 0) is 37.0 Å². The molecule has 1 aromatic carbocycles. The molecule has 4 rings (SSSR count). The number of aromatic nitrogens is 3. The smallest absolute Gasteiger partial charge is 0.278 e. The topological polar surface area (TPSA) is 82.2 Å². The first kappa shape index (κ1) is 17.6. The molecule has 2 aromatic heterocycles. The second-order valence-corrected chi connectivity index (χ2v) is 7.17. The summed E-state index contributed by atoms with van der Waals surface area (Å²) in [7, 11) is 0. The second kappa shape index (κ2) is 7.44. The maximum Gasteiger partial charge on any atom is 0.278 e. The molecule has 1 atom stereocenters. The van der Waals surface area contributed by atoms with Gasteiger partial charge < -0.3 is 14.6 Å². The van der Waals surface area contributed by atoms with Crippen molar-refractivity contribution < 1.29 is 14.1 Å². The Morgan fingerprint density at radius 1 is 1.48 bits per heavy atom. The molecule has 3 aromatic rings. The van der Waals surface area contributed by atoms with Crippen molar-refractivity contribution in [1.82, 2.24) is 14.9 Å². The monoisotopic (exact) mass is 386 g/mol. The van der Waals surface area contributed by atoms with Gasteiger partial charge in [0.25, 0.3) is 5.91 Å². The average molecular weight is 387 g/mol. The molecule has 140 valence electrons. The van der Waals surface area contributed by atoms with Crippen molar-refractivity contribution in [3.8, 4) is 5.75 Å². The molecule has 0 saturated heterocycles. The van der Waals surface area contributed by atoms with E-state index < -0.39 is 0 Å². The number of carbonyl (C=O) groups excluding carboxylic acids is 1. The molecule has 1 aliphatic rings. The summed E-state index contributed by atoms with van der Waals surface area (Å²) in [5, 5.41) is 11.6. The van der Waals surface area contributed by atoms with Crippen LogP contribution in [0.15, 0.2) is 41.2 Å². The fraction of sp³-hybridized carbons (Fsp3) is 0.316. The highest BCUT2D eigenvalue weighted by Gasteiger charge is 2.27. The third-order valence-corrected chi connectivity index (χ3v) is 4.79. The van der Waals surface area contributed by atoms with E-state index in [1.165, 1.54) is 0 Å². The summed E-state index contributed by atoms with van der Waals surface area (Å²) in [6.45, 7) is 2.37. The fourth-order valence-electron chi connectivity index (χ4n) is 3.14. The van der Waals surface area contributed by atoms with Crippen molar-refractivity contribution in [2.75, 3.05) is 5.32 Å². The lowest BCUT2D eigenvalue weighted by Gasteiger charge is -2.16. The van der Waals surface area contributed by atoms with Crippen LogP contribution >= 0.6 is 11.6 Å². The Balaban J connectivity index is 1.39. The van der Waals surface area contributed by atoms with Crippen molar-refractivity contribution in [1.29, 1.82) is 0 Å². The number of anilines is 1. The third kappa shape index (κ3) is 3.98. The fourth-order valence-corrected chi connectivity index (χ4v) is 3.32. The Morgan fingerprint density at radius 3 is 3.22 bits per heavy atom. The molecule has 2 heterocycles. The lowest BCUT2D eigenvalue weighted by molar-refractivity contribution is 0.101. The zero-order chi connectivity index (χ0) is 18.8. The minimum absolute atomic E-state index is 0.201. The molecule has 27 heavy (non-hydrogen) atoms. The molecule has 7 nitrogen and oxygen atoms in total. The van der Waals surface area contributed by atoms with Crippen LogP contribution < -0.4 is 10.1 Å². The van der Waals surface area contributed by atoms with Gasteiger partial charge in [0, 0.05) is 17.0 Å². The van der Waals surface area contributed by atoms with E-state index in [0.29, 0.717) is 28.1 Å². The van der Waals surface area contributed by atoms with Gasteiger partial charge in [0.2, 0.25) is 0 Å². The van der Waals surface area contributed by atoms with Crippen molar-refractivity contribution in [3.63, 3.8) is 0 Å². The molecule has 1 aliphatic carbocycles. The van der Waals surface area contributed by atoms with Crippen LogP contribution in [0.1, 0.15) is 35.2 Å². The van der Waals surface area contributed by atoms with Gasteiger partial charge in [0.15, 0.2) is 12.4 Å². The van der Waals surface area contributed by atoms with Gasteiger partial charge in [0.1, 0.15) is 11.5 Å². The Kier molecular flexibility index (Phi) is 4.85. The van der Waals surface area contributed by atoms with Gasteiger partial charge in [0.05, 0.1) is 18.1 Å². The molecular weight excluding hydrogens is 368 g/mol. The minimum atomic E-state index is -0.288. The molecule has 0 spiro atoms. The van der Waals surface area contributed by atoms with Gasteiger partial charge in [-0.2, -0.15) is 5.10 Å². The summed E-state index contributed by atoms with van der Waals surface area (Å²) >= 11 is 5.93. The largest absolute Gasteiger partial charge is 0.471 e. The van der Waals surface area contributed by atoms with Gasteiger partial charge >= 0.3 is 0 Å². The number of hydrogen-bond acceptors (Lipinski definition) is 5. The molecule has 0 bridgehead atoms. The van der Waals surface area contributed by atoms with Crippen LogP contribution in [0.25, 0.3) is 0 Å². The van der Waals surface area contributed by atoms with E-state index >= 15 is 0 Å². The predicted molar refractivity (Wildman–Crippen MR) is 100.0 cm³/mol. The zero-order valence-electron chi connectivity index (χ0n) is 14.8. The zero-order valence-corrected chi connectivity index (χ0v) is 15.6. The highest BCUT2D eigenvalue weighted by atomic mass is 35.5. The van der Waals surface area contributed by atoms with Crippen molar-refractivity contribution in [2.24, 2.45) is 5.92 Å². The molecule has 1 amide bonds. The number of nitrogens with one attached hydrogen (secondary N) is 1. The summed E-state index contributed by atoms with van der Waals surface area (Å²) in [6, 6.07) is 7.13. The number of rotatable bonds is 5. The summed E-state index contributed by atoms with van der Waals surface area (Å²) in [5.74, 6) is 1.70. The number of fused-ring (bicyclic) bond motifs is 1.